The van der Waals surface area contributed by atoms with E-state index in [0.29, 0.717) is 44.3 Å². The van der Waals surface area contributed by atoms with E-state index in [1.54, 1.807) is 19.2 Å². The number of sulfonamides is 1. The standard InChI is InChI=1S/C38H31ClF6N10O3S/c1-53-7-6-17(14-53)35-47-26-13-21(20-4-5-24(39)29-32(20)54(2)51-37(29)52-59(3,57)58)30(48-36(26)49-35)25(10-16-8-18(40)11-19(41)9-16)46-27(56)15-55-33-28(31(50-55)34(42)43)22-12-23(22)38(33,44)45/h4-9,11,13-14,22-23,25,34H,10,12,15H2,1-3H3,(H,46,56)(H,51,52)(H,47,48,49)/t22-,23+,25-/m0/s1. The van der Waals surface area contributed by atoms with Crippen LogP contribution in [0.25, 0.3) is 44.6 Å². The molecule has 3 N–H and O–H groups in total. The van der Waals surface area contributed by atoms with Crippen molar-refractivity contribution in [1.29, 1.82) is 0 Å². The van der Waals surface area contributed by atoms with E-state index in [1.807, 2.05) is 30.1 Å². The molecule has 5 heterocycles. The number of aromatic nitrogens is 8. The van der Waals surface area contributed by atoms with Crippen molar-refractivity contribution in [3.63, 3.8) is 0 Å². The average Bonchev–Trinajstić information content (AvgIpc) is 3.44. The van der Waals surface area contributed by atoms with E-state index in [4.69, 9.17) is 16.6 Å². The molecule has 0 aliphatic heterocycles. The number of imidazole rings is 1. The number of carbonyl (C=O) groups excluding carboxylic acids is 1. The third kappa shape index (κ3) is 6.76. The lowest BCUT2D eigenvalue weighted by Crippen LogP contribution is -2.35. The average molecular weight is 857 g/mol. The van der Waals surface area contributed by atoms with E-state index in [9.17, 15) is 30.8 Å². The zero-order chi connectivity index (χ0) is 41.9. The number of nitrogens with zero attached hydrogens (tertiary/aromatic N) is 7. The van der Waals surface area contributed by atoms with Crippen molar-refractivity contribution < 1.29 is 39.6 Å². The predicted octanol–water partition coefficient (Wildman–Crippen LogP) is 7.26. The molecule has 7 aromatic rings. The van der Waals surface area contributed by atoms with Gasteiger partial charge in [-0.15, -0.1) is 0 Å². The van der Waals surface area contributed by atoms with Crippen LogP contribution in [0.2, 0.25) is 5.02 Å². The Bertz CT molecular complexity index is 2980. The first kappa shape index (κ1) is 38.6. The summed E-state index contributed by atoms with van der Waals surface area (Å²) in [6.07, 6.45) is 1.12. The van der Waals surface area contributed by atoms with Gasteiger partial charge in [0.25, 0.3) is 12.3 Å². The highest BCUT2D eigenvalue weighted by Gasteiger charge is 2.67. The molecule has 0 bridgehead atoms. The number of aromatic amines is 1. The minimum atomic E-state index is -3.83. The van der Waals surface area contributed by atoms with Crippen molar-refractivity contribution in [2.75, 3.05) is 11.0 Å². The van der Waals surface area contributed by atoms with Crippen LogP contribution in [0.15, 0.2) is 54.9 Å². The first-order chi connectivity index (χ1) is 27.9. The van der Waals surface area contributed by atoms with Gasteiger partial charge >= 0.3 is 0 Å². The normalized spacial score (nSPS) is 17.5. The molecule has 2 aliphatic rings. The maximum Gasteiger partial charge on any atom is 0.293 e. The van der Waals surface area contributed by atoms with Gasteiger partial charge < -0.3 is 14.9 Å². The number of fused-ring (bicyclic) bond motifs is 5. The van der Waals surface area contributed by atoms with E-state index in [2.05, 4.69) is 30.2 Å². The Balaban J connectivity index is 1.22. The van der Waals surface area contributed by atoms with Crippen LogP contribution in [0.1, 0.15) is 53.0 Å². The summed E-state index contributed by atoms with van der Waals surface area (Å²) in [5.41, 5.74) is 0.624. The Hall–Kier alpha value is -5.89. The summed E-state index contributed by atoms with van der Waals surface area (Å²) in [4.78, 5) is 26.9. The number of amides is 1. The molecule has 13 nitrogen and oxygen atoms in total. The van der Waals surface area contributed by atoms with Crippen LogP contribution in [0.4, 0.5) is 32.2 Å². The summed E-state index contributed by atoms with van der Waals surface area (Å²) >= 11 is 6.65. The van der Waals surface area contributed by atoms with E-state index < -0.39 is 75.7 Å². The zero-order valence-corrected chi connectivity index (χ0v) is 32.6. The Kier molecular flexibility index (Phi) is 8.89. The van der Waals surface area contributed by atoms with Gasteiger partial charge in [0.05, 0.1) is 39.4 Å². The van der Waals surface area contributed by atoms with Crippen molar-refractivity contribution >= 4 is 55.4 Å². The number of alkyl halides is 4. The number of rotatable bonds is 11. The first-order valence-corrected chi connectivity index (χ1v) is 20.3. The third-order valence-corrected chi connectivity index (χ3v) is 11.5. The Labute approximate surface area is 335 Å². The molecule has 1 fully saturated rings. The molecule has 0 unspecified atom stereocenters. The van der Waals surface area contributed by atoms with Crippen LogP contribution >= 0.6 is 11.6 Å². The number of H-pyrrole nitrogens is 1. The quantitative estimate of drug-likeness (QED) is 0.116. The largest absolute Gasteiger partial charge is 0.357 e. The molecule has 9 rings (SSSR count). The molecule has 59 heavy (non-hydrogen) atoms. The molecule has 0 radical (unpaired) electrons. The molecular weight excluding hydrogens is 826 g/mol. The van der Waals surface area contributed by atoms with Gasteiger partial charge in [-0.2, -0.15) is 19.0 Å². The summed E-state index contributed by atoms with van der Waals surface area (Å²) in [5, 5.41) is 11.3. The van der Waals surface area contributed by atoms with Gasteiger partial charge in [-0.05, 0) is 54.7 Å². The molecule has 1 saturated carbocycles. The van der Waals surface area contributed by atoms with E-state index in [0.717, 1.165) is 18.4 Å². The summed E-state index contributed by atoms with van der Waals surface area (Å²) in [6, 6.07) is 8.08. The van der Waals surface area contributed by atoms with Gasteiger partial charge in [0.1, 0.15) is 35.4 Å². The molecule has 5 aromatic heterocycles. The fourth-order valence-electron chi connectivity index (χ4n) is 8.19. The fraction of sp³-hybridized carbons (Fsp3) is 0.289. The molecule has 306 valence electrons. The number of anilines is 1. The summed E-state index contributed by atoms with van der Waals surface area (Å²) in [7, 11) is -0.458. The number of aryl methyl sites for hydroxylation is 2. The molecule has 2 aliphatic carbocycles. The minimum absolute atomic E-state index is 0.0282. The SMILES string of the molecule is Cn1ccc(-c2nc3nc([C@H](Cc4cc(F)cc(F)c4)NC(=O)Cn4nc(C(F)F)c5c4C(F)(F)[C@@H]4C[C@H]54)c(-c4ccc(Cl)c5c(NS(C)(=O)=O)nn(C)c45)cc3[nH]2)c1. The highest BCUT2D eigenvalue weighted by atomic mass is 35.5. The van der Waals surface area contributed by atoms with Crippen molar-refractivity contribution in [3.05, 3.63) is 99.7 Å². The van der Waals surface area contributed by atoms with E-state index >= 15 is 8.78 Å². The van der Waals surface area contributed by atoms with Crippen LogP contribution < -0.4 is 10.0 Å². The summed E-state index contributed by atoms with van der Waals surface area (Å²) < 4.78 is 119. The fourth-order valence-corrected chi connectivity index (χ4v) is 8.93. The number of nitrogens with one attached hydrogen (secondary N) is 3. The number of halogens is 7. The van der Waals surface area contributed by atoms with E-state index in [1.165, 1.54) is 10.7 Å². The highest BCUT2D eigenvalue weighted by molar-refractivity contribution is 7.92. The molecule has 0 saturated heterocycles. The first-order valence-electron chi connectivity index (χ1n) is 18.0. The molecule has 1 amide bonds. The second-order valence-corrected chi connectivity index (χ2v) is 17.0. The van der Waals surface area contributed by atoms with Crippen LogP contribution in [-0.2, 0) is 47.8 Å². The second-order valence-electron chi connectivity index (χ2n) is 14.9. The third-order valence-electron chi connectivity index (χ3n) is 10.6. The van der Waals surface area contributed by atoms with Crippen LogP contribution in [-0.4, -0.2) is 59.7 Å². The van der Waals surface area contributed by atoms with Crippen LogP contribution in [0, 0.1) is 17.6 Å². The lowest BCUT2D eigenvalue weighted by molar-refractivity contribution is -0.123. The van der Waals surface area contributed by atoms with Crippen LogP contribution in [0.3, 0.4) is 0 Å². The Morgan fingerprint density at radius 1 is 1.03 bits per heavy atom. The number of hydrogen-bond donors (Lipinski definition) is 3. The lowest BCUT2D eigenvalue weighted by Gasteiger charge is -2.23. The van der Waals surface area contributed by atoms with E-state index in [-0.39, 0.29) is 51.5 Å². The monoisotopic (exact) mass is 856 g/mol. The van der Waals surface area contributed by atoms with Gasteiger partial charge in [-0.1, -0.05) is 17.7 Å². The van der Waals surface area contributed by atoms with Gasteiger partial charge in [0.15, 0.2) is 11.5 Å². The van der Waals surface area contributed by atoms with Gasteiger partial charge in [0.2, 0.25) is 15.9 Å². The Morgan fingerprint density at radius 2 is 1.78 bits per heavy atom. The minimum Gasteiger partial charge on any atom is -0.357 e. The van der Waals surface area contributed by atoms with Crippen molar-refractivity contribution in [1.82, 2.24) is 44.4 Å². The molecule has 3 atom stereocenters. The maximum absolute atomic E-state index is 15.5. The smallest absolute Gasteiger partial charge is 0.293 e. The topological polar surface area (TPSA) is 157 Å². The maximum atomic E-state index is 15.5. The van der Waals surface area contributed by atoms with Gasteiger partial charge in [-0.25, -0.2) is 35.9 Å². The van der Waals surface area contributed by atoms with Gasteiger partial charge in [0, 0.05) is 60.7 Å². The number of benzene rings is 2. The van der Waals surface area contributed by atoms with Crippen LogP contribution in [0.5, 0.6) is 0 Å². The number of pyridine rings is 1. The predicted molar refractivity (Wildman–Crippen MR) is 204 cm³/mol. The highest BCUT2D eigenvalue weighted by Crippen LogP contribution is 2.68. The van der Waals surface area contributed by atoms with Crippen molar-refractivity contribution in [3.8, 4) is 22.5 Å². The Morgan fingerprint density at radius 3 is 2.46 bits per heavy atom. The van der Waals surface area contributed by atoms with Crippen molar-refractivity contribution in [2.45, 2.75) is 43.7 Å². The molecule has 21 heteroatoms. The van der Waals surface area contributed by atoms with Gasteiger partial charge in [-0.3, -0.25) is 18.9 Å². The van der Waals surface area contributed by atoms with Crippen molar-refractivity contribution in [2.24, 2.45) is 20.0 Å². The number of carbonyl (C=O) groups is 1. The summed E-state index contributed by atoms with van der Waals surface area (Å²) in [6.45, 7) is -0.899. The molecular formula is C38H31ClF6N10O3S. The number of hydrogen-bond acceptors (Lipinski definition) is 7. The lowest BCUT2D eigenvalue weighted by atomic mass is 9.94. The zero-order valence-electron chi connectivity index (χ0n) is 31.0. The molecule has 2 aromatic carbocycles. The summed E-state index contributed by atoms with van der Waals surface area (Å²) in [5.74, 6) is -7.89. The second kappa shape index (κ2) is 13.6. The molecule has 0 spiro atoms.